The Labute approximate surface area is 111 Å². The average molecular weight is 255 g/mol. The molecule has 1 aliphatic carbocycles. The number of carbonyl (C=O) groups excluding carboxylic acids is 1. The van der Waals surface area contributed by atoms with Crippen LogP contribution in [0.3, 0.4) is 0 Å². The van der Waals surface area contributed by atoms with Crippen molar-refractivity contribution in [1.29, 1.82) is 0 Å². The lowest BCUT2D eigenvalue weighted by Crippen LogP contribution is -2.27. The van der Waals surface area contributed by atoms with E-state index in [1.165, 1.54) is 32.1 Å². The fraction of sp³-hybridized carbons (Fsp3) is 0.933. The van der Waals surface area contributed by atoms with Gasteiger partial charge in [-0.3, -0.25) is 4.79 Å². The van der Waals surface area contributed by atoms with E-state index in [0.717, 1.165) is 18.8 Å². The van der Waals surface area contributed by atoms with E-state index in [2.05, 4.69) is 0 Å². The highest BCUT2D eigenvalue weighted by molar-refractivity contribution is 5.69. The van der Waals surface area contributed by atoms with Crippen molar-refractivity contribution in [3.05, 3.63) is 0 Å². The zero-order valence-corrected chi connectivity index (χ0v) is 12.2. The molecule has 1 saturated carbocycles. The van der Waals surface area contributed by atoms with Gasteiger partial charge in [0.05, 0.1) is 0 Å². The van der Waals surface area contributed by atoms with Crippen molar-refractivity contribution in [3.8, 4) is 0 Å². The zero-order chi connectivity index (χ0) is 13.6. The van der Waals surface area contributed by atoms with Gasteiger partial charge in [-0.15, -0.1) is 0 Å². The maximum atomic E-state index is 11.5. The van der Waals surface area contributed by atoms with Gasteiger partial charge in [-0.2, -0.15) is 0 Å². The van der Waals surface area contributed by atoms with Crippen molar-refractivity contribution in [3.63, 3.8) is 0 Å². The van der Waals surface area contributed by atoms with Crippen LogP contribution in [0.4, 0.5) is 0 Å². The van der Waals surface area contributed by atoms with Gasteiger partial charge in [-0.25, -0.2) is 0 Å². The highest BCUT2D eigenvalue weighted by Gasteiger charge is 2.19. The monoisotopic (exact) mass is 255 g/mol. The summed E-state index contributed by atoms with van der Waals surface area (Å²) in [6.07, 6.45) is 8.79. The van der Waals surface area contributed by atoms with E-state index in [1.54, 1.807) is 0 Å². The van der Waals surface area contributed by atoms with Gasteiger partial charge in [0, 0.05) is 12.5 Å². The van der Waals surface area contributed by atoms with E-state index in [1.807, 2.05) is 20.8 Å². The summed E-state index contributed by atoms with van der Waals surface area (Å²) in [4.78, 5) is 11.5. The number of carbonyl (C=O) groups is 1. The van der Waals surface area contributed by atoms with Crippen LogP contribution in [0.2, 0.25) is 0 Å². The van der Waals surface area contributed by atoms with Crippen molar-refractivity contribution in [2.75, 3.05) is 0 Å². The lowest BCUT2D eigenvalue weighted by Gasteiger charge is -2.26. The Bertz CT molecular complexity index is 258. The summed E-state index contributed by atoms with van der Waals surface area (Å²) in [5, 5.41) is 0. The summed E-state index contributed by atoms with van der Waals surface area (Å²) >= 11 is 0. The molecule has 3 heteroatoms. The zero-order valence-electron chi connectivity index (χ0n) is 12.2. The number of hydrogen-bond donors (Lipinski definition) is 1. The molecule has 0 bridgehead atoms. The molecule has 0 aromatic heterocycles. The predicted octanol–water partition coefficient (Wildman–Crippen LogP) is 3.41. The van der Waals surface area contributed by atoms with Crippen molar-refractivity contribution >= 4 is 5.97 Å². The Morgan fingerprint density at radius 3 is 2.61 bits per heavy atom. The molecule has 2 unspecified atom stereocenters. The minimum atomic E-state index is -0.354. The van der Waals surface area contributed by atoms with Crippen LogP contribution in [0.15, 0.2) is 0 Å². The van der Waals surface area contributed by atoms with Gasteiger partial charge in [0.25, 0.3) is 0 Å². The summed E-state index contributed by atoms with van der Waals surface area (Å²) in [5.74, 6) is 0.718. The number of rotatable bonds is 5. The molecule has 1 fully saturated rings. The highest BCUT2D eigenvalue weighted by Crippen LogP contribution is 2.27. The SMILES string of the molecule is CC(C)(C)OC(=O)CCCCC1CCCC(N)C1. The molecule has 0 radical (unpaired) electrons. The molecule has 0 saturated heterocycles. The first kappa shape index (κ1) is 15.5. The van der Waals surface area contributed by atoms with Gasteiger partial charge < -0.3 is 10.5 Å². The quantitative estimate of drug-likeness (QED) is 0.605. The molecule has 2 N–H and O–H groups in total. The fourth-order valence-corrected chi connectivity index (χ4v) is 2.69. The smallest absolute Gasteiger partial charge is 0.306 e. The number of nitrogens with two attached hydrogens (primary N) is 1. The van der Waals surface area contributed by atoms with Crippen LogP contribution in [0.5, 0.6) is 0 Å². The fourth-order valence-electron chi connectivity index (χ4n) is 2.69. The van der Waals surface area contributed by atoms with Gasteiger partial charge in [0.2, 0.25) is 0 Å². The molecule has 1 aliphatic rings. The molecule has 2 atom stereocenters. The van der Waals surface area contributed by atoms with Crippen LogP contribution in [0.1, 0.15) is 72.1 Å². The number of esters is 1. The number of ether oxygens (including phenoxy) is 1. The third-order valence-electron chi connectivity index (χ3n) is 3.49. The minimum absolute atomic E-state index is 0.0668. The molecule has 0 aromatic rings. The largest absolute Gasteiger partial charge is 0.460 e. The van der Waals surface area contributed by atoms with E-state index >= 15 is 0 Å². The first-order valence-electron chi connectivity index (χ1n) is 7.34. The van der Waals surface area contributed by atoms with E-state index in [4.69, 9.17) is 10.5 Å². The summed E-state index contributed by atoms with van der Waals surface area (Å²) in [6.45, 7) is 5.73. The van der Waals surface area contributed by atoms with Crippen molar-refractivity contribution in [2.24, 2.45) is 11.7 Å². The molecular formula is C15H29NO2. The van der Waals surface area contributed by atoms with E-state index < -0.39 is 0 Å². The second kappa shape index (κ2) is 7.13. The van der Waals surface area contributed by atoms with Gasteiger partial charge >= 0.3 is 5.97 Å². The summed E-state index contributed by atoms with van der Waals surface area (Å²) < 4.78 is 5.29. The Kier molecular flexibility index (Phi) is 6.13. The molecule has 106 valence electrons. The molecule has 18 heavy (non-hydrogen) atoms. The van der Waals surface area contributed by atoms with E-state index in [0.29, 0.717) is 12.5 Å². The highest BCUT2D eigenvalue weighted by atomic mass is 16.6. The lowest BCUT2D eigenvalue weighted by atomic mass is 9.83. The second-order valence-electron chi connectivity index (χ2n) is 6.62. The number of unbranched alkanes of at least 4 members (excludes halogenated alkanes) is 1. The van der Waals surface area contributed by atoms with Gasteiger partial charge in [-0.05, 0) is 46.0 Å². The maximum Gasteiger partial charge on any atom is 0.306 e. The van der Waals surface area contributed by atoms with Crippen LogP contribution in [0, 0.1) is 5.92 Å². The lowest BCUT2D eigenvalue weighted by molar-refractivity contribution is -0.154. The van der Waals surface area contributed by atoms with Crippen LogP contribution < -0.4 is 5.73 Å². The predicted molar refractivity (Wildman–Crippen MR) is 74.2 cm³/mol. The van der Waals surface area contributed by atoms with E-state index in [-0.39, 0.29) is 11.6 Å². The molecule has 1 rings (SSSR count). The first-order valence-corrected chi connectivity index (χ1v) is 7.34. The minimum Gasteiger partial charge on any atom is -0.460 e. The molecule has 0 aromatic carbocycles. The Balaban J connectivity index is 2.06. The molecule has 0 heterocycles. The maximum absolute atomic E-state index is 11.5. The van der Waals surface area contributed by atoms with Crippen LogP contribution >= 0.6 is 0 Å². The summed E-state index contributed by atoms with van der Waals surface area (Å²) in [6, 6.07) is 0.412. The van der Waals surface area contributed by atoms with Crippen LogP contribution in [-0.2, 0) is 9.53 Å². The third kappa shape index (κ3) is 7.00. The van der Waals surface area contributed by atoms with Crippen molar-refractivity contribution in [2.45, 2.75) is 83.8 Å². The van der Waals surface area contributed by atoms with Crippen molar-refractivity contribution in [1.82, 2.24) is 0 Å². The summed E-state index contributed by atoms with van der Waals surface area (Å²) in [5.41, 5.74) is 5.62. The normalized spacial score (nSPS) is 24.9. The Hall–Kier alpha value is -0.570. The molecule has 0 aliphatic heterocycles. The summed E-state index contributed by atoms with van der Waals surface area (Å²) in [7, 11) is 0. The van der Waals surface area contributed by atoms with Gasteiger partial charge in [-0.1, -0.05) is 25.7 Å². The molecule has 3 nitrogen and oxygen atoms in total. The van der Waals surface area contributed by atoms with Crippen molar-refractivity contribution < 1.29 is 9.53 Å². The average Bonchev–Trinajstić information content (AvgIpc) is 2.22. The Morgan fingerprint density at radius 1 is 1.28 bits per heavy atom. The molecule has 0 spiro atoms. The third-order valence-corrected chi connectivity index (χ3v) is 3.49. The number of hydrogen-bond acceptors (Lipinski definition) is 3. The molecule has 0 amide bonds. The topological polar surface area (TPSA) is 52.3 Å². The van der Waals surface area contributed by atoms with Crippen LogP contribution in [0.25, 0.3) is 0 Å². The van der Waals surface area contributed by atoms with Crippen LogP contribution in [-0.4, -0.2) is 17.6 Å². The van der Waals surface area contributed by atoms with Gasteiger partial charge in [0.15, 0.2) is 0 Å². The standard InChI is InChI=1S/C15H29NO2/c1-15(2,3)18-14(17)10-5-4-7-12-8-6-9-13(16)11-12/h12-13H,4-11,16H2,1-3H3. The van der Waals surface area contributed by atoms with Gasteiger partial charge in [0.1, 0.15) is 5.60 Å². The second-order valence-corrected chi connectivity index (χ2v) is 6.62. The Morgan fingerprint density at radius 2 is 2.00 bits per heavy atom. The first-order chi connectivity index (χ1) is 8.37. The van der Waals surface area contributed by atoms with E-state index in [9.17, 15) is 4.79 Å². The molecular weight excluding hydrogens is 226 g/mol.